The van der Waals surface area contributed by atoms with Crippen LogP contribution in [0.15, 0.2) is 59.4 Å². The predicted octanol–water partition coefficient (Wildman–Crippen LogP) is 3.11. The average Bonchev–Trinajstić information content (AvgIpc) is 2.71. The molecular weight excluding hydrogens is 360 g/mol. The van der Waals surface area contributed by atoms with E-state index in [1.165, 1.54) is 17.9 Å². The topological polar surface area (TPSA) is 94.5 Å². The van der Waals surface area contributed by atoms with Gasteiger partial charge in [-0.2, -0.15) is 5.10 Å². The first-order valence-corrected chi connectivity index (χ1v) is 8.45. The zero-order chi connectivity index (χ0) is 20.1. The molecule has 0 saturated carbocycles. The van der Waals surface area contributed by atoms with Crippen LogP contribution < -0.4 is 25.7 Å². The monoisotopic (exact) mass is 380 g/mol. The standard InChI is InChI=1S/C20H20N4O4/c1-24-19(25)11-10-16(23-24)13-4-6-14(7-5-13)21-20(26)22-17-9-8-15(27-2)12-18(17)28-3/h4-12H,1-3H3,(H2,21,22,26). The lowest BCUT2D eigenvalue weighted by atomic mass is 10.1. The molecule has 2 amide bonds. The Labute approximate surface area is 161 Å². The Kier molecular flexibility index (Phi) is 5.59. The summed E-state index contributed by atoms with van der Waals surface area (Å²) in [7, 11) is 4.67. The first kappa shape index (κ1) is 19.0. The summed E-state index contributed by atoms with van der Waals surface area (Å²) in [5.41, 5.74) is 2.46. The molecule has 8 nitrogen and oxygen atoms in total. The molecule has 0 aliphatic heterocycles. The molecule has 3 rings (SSSR count). The number of hydrogen-bond donors (Lipinski definition) is 2. The van der Waals surface area contributed by atoms with E-state index in [0.717, 1.165) is 5.56 Å². The maximum atomic E-state index is 12.3. The van der Waals surface area contributed by atoms with E-state index in [-0.39, 0.29) is 5.56 Å². The van der Waals surface area contributed by atoms with Crippen molar-refractivity contribution in [2.24, 2.45) is 7.05 Å². The summed E-state index contributed by atoms with van der Waals surface area (Å²) >= 11 is 0. The van der Waals surface area contributed by atoms with Crippen LogP contribution in [-0.2, 0) is 7.05 Å². The Hall–Kier alpha value is -3.81. The highest BCUT2D eigenvalue weighted by atomic mass is 16.5. The molecule has 1 heterocycles. The molecule has 144 valence electrons. The van der Waals surface area contributed by atoms with Crippen LogP contribution in [0, 0.1) is 0 Å². The second kappa shape index (κ2) is 8.26. The number of anilines is 2. The van der Waals surface area contributed by atoms with Crippen LogP contribution >= 0.6 is 0 Å². The van der Waals surface area contributed by atoms with Crippen molar-refractivity contribution in [1.29, 1.82) is 0 Å². The van der Waals surface area contributed by atoms with Gasteiger partial charge in [0.15, 0.2) is 0 Å². The molecule has 0 unspecified atom stereocenters. The lowest BCUT2D eigenvalue weighted by molar-refractivity contribution is 0.262. The Bertz CT molecular complexity index is 1040. The van der Waals surface area contributed by atoms with E-state index >= 15 is 0 Å². The second-order valence-electron chi connectivity index (χ2n) is 5.90. The number of aromatic nitrogens is 2. The van der Waals surface area contributed by atoms with Gasteiger partial charge in [0.1, 0.15) is 11.5 Å². The van der Waals surface area contributed by atoms with Gasteiger partial charge in [-0.1, -0.05) is 12.1 Å². The van der Waals surface area contributed by atoms with Gasteiger partial charge in [-0.25, -0.2) is 9.48 Å². The first-order chi connectivity index (χ1) is 13.5. The summed E-state index contributed by atoms with van der Waals surface area (Å²) in [6, 6.07) is 15.0. The number of hydrogen-bond acceptors (Lipinski definition) is 5. The van der Waals surface area contributed by atoms with E-state index < -0.39 is 6.03 Å². The minimum atomic E-state index is -0.406. The molecule has 3 aromatic rings. The highest BCUT2D eigenvalue weighted by molar-refractivity contribution is 6.00. The zero-order valence-electron chi connectivity index (χ0n) is 15.7. The number of carbonyl (C=O) groups excluding carboxylic acids is 1. The number of ether oxygens (including phenoxy) is 2. The molecule has 0 aliphatic carbocycles. The van der Waals surface area contributed by atoms with Crippen LogP contribution in [0.25, 0.3) is 11.3 Å². The van der Waals surface area contributed by atoms with Gasteiger partial charge in [0.2, 0.25) is 0 Å². The number of nitrogens with one attached hydrogen (secondary N) is 2. The quantitative estimate of drug-likeness (QED) is 0.709. The number of methoxy groups -OCH3 is 2. The molecule has 0 bridgehead atoms. The van der Waals surface area contributed by atoms with Crippen molar-refractivity contribution in [3.63, 3.8) is 0 Å². The van der Waals surface area contributed by atoms with E-state index in [1.807, 2.05) is 12.1 Å². The SMILES string of the molecule is COc1ccc(NC(=O)Nc2ccc(-c3ccc(=O)n(C)n3)cc2)c(OC)c1. The number of benzene rings is 2. The Morgan fingerprint density at radius 2 is 1.71 bits per heavy atom. The van der Waals surface area contributed by atoms with Gasteiger partial charge in [0.05, 0.1) is 25.6 Å². The van der Waals surface area contributed by atoms with E-state index in [4.69, 9.17) is 9.47 Å². The van der Waals surface area contributed by atoms with E-state index in [9.17, 15) is 9.59 Å². The van der Waals surface area contributed by atoms with Crippen molar-refractivity contribution < 1.29 is 14.3 Å². The fourth-order valence-corrected chi connectivity index (χ4v) is 2.57. The molecular formula is C20H20N4O4. The van der Waals surface area contributed by atoms with Gasteiger partial charge in [0, 0.05) is 30.4 Å². The number of carbonyl (C=O) groups is 1. The normalized spacial score (nSPS) is 10.2. The fraction of sp³-hybridized carbons (Fsp3) is 0.150. The van der Waals surface area contributed by atoms with Gasteiger partial charge in [-0.05, 0) is 30.3 Å². The first-order valence-electron chi connectivity index (χ1n) is 8.45. The fourth-order valence-electron chi connectivity index (χ4n) is 2.57. The van der Waals surface area contributed by atoms with E-state index in [0.29, 0.717) is 28.6 Å². The summed E-state index contributed by atoms with van der Waals surface area (Å²) in [6.07, 6.45) is 0. The van der Waals surface area contributed by atoms with Crippen LogP contribution in [0.3, 0.4) is 0 Å². The predicted molar refractivity (Wildman–Crippen MR) is 107 cm³/mol. The second-order valence-corrected chi connectivity index (χ2v) is 5.90. The largest absolute Gasteiger partial charge is 0.497 e. The minimum absolute atomic E-state index is 0.173. The van der Waals surface area contributed by atoms with Gasteiger partial charge < -0.3 is 20.1 Å². The van der Waals surface area contributed by atoms with Crippen molar-refractivity contribution in [1.82, 2.24) is 9.78 Å². The van der Waals surface area contributed by atoms with E-state index in [1.54, 1.807) is 50.6 Å². The van der Waals surface area contributed by atoms with Crippen LogP contribution in [0.1, 0.15) is 0 Å². The number of aryl methyl sites for hydroxylation is 1. The molecule has 0 radical (unpaired) electrons. The maximum Gasteiger partial charge on any atom is 0.323 e. The summed E-state index contributed by atoms with van der Waals surface area (Å²) in [6.45, 7) is 0. The van der Waals surface area contributed by atoms with Crippen LogP contribution in [0.2, 0.25) is 0 Å². The smallest absolute Gasteiger partial charge is 0.323 e. The van der Waals surface area contributed by atoms with Gasteiger partial charge in [-0.3, -0.25) is 4.79 Å². The van der Waals surface area contributed by atoms with Gasteiger partial charge in [-0.15, -0.1) is 0 Å². The summed E-state index contributed by atoms with van der Waals surface area (Å²) in [5, 5.41) is 9.70. The molecule has 28 heavy (non-hydrogen) atoms. The molecule has 0 atom stereocenters. The van der Waals surface area contributed by atoms with Crippen molar-refractivity contribution in [3.05, 3.63) is 65.0 Å². The average molecular weight is 380 g/mol. The Morgan fingerprint density at radius 1 is 0.964 bits per heavy atom. The molecule has 0 spiro atoms. The van der Waals surface area contributed by atoms with Gasteiger partial charge in [0.25, 0.3) is 5.56 Å². The third-order valence-electron chi connectivity index (χ3n) is 4.06. The van der Waals surface area contributed by atoms with E-state index in [2.05, 4.69) is 15.7 Å². The molecule has 2 N–H and O–H groups in total. The van der Waals surface area contributed by atoms with Gasteiger partial charge >= 0.3 is 6.03 Å². The highest BCUT2D eigenvalue weighted by Gasteiger charge is 2.09. The summed E-state index contributed by atoms with van der Waals surface area (Å²) in [4.78, 5) is 23.7. The summed E-state index contributed by atoms with van der Waals surface area (Å²) < 4.78 is 11.7. The minimum Gasteiger partial charge on any atom is -0.497 e. The van der Waals surface area contributed by atoms with Crippen molar-refractivity contribution in [2.75, 3.05) is 24.9 Å². The number of nitrogens with zero attached hydrogens (tertiary/aromatic N) is 2. The van der Waals surface area contributed by atoms with Crippen LogP contribution in [0.4, 0.5) is 16.2 Å². The zero-order valence-corrected chi connectivity index (χ0v) is 15.7. The third kappa shape index (κ3) is 4.29. The number of urea groups is 1. The summed E-state index contributed by atoms with van der Waals surface area (Å²) in [5.74, 6) is 1.12. The van der Waals surface area contributed by atoms with Crippen LogP contribution in [-0.4, -0.2) is 30.0 Å². The number of rotatable bonds is 5. The van der Waals surface area contributed by atoms with Crippen molar-refractivity contribution in [2.45, 2.75) is 0 Å². The van der Waals surface area contributed by atoms with Crippen molar-refractivity contribution >= 4 is 17.4 Å². The Morgan fingerprint density at radius 3 is 2.36 bits per heavy atom. The molecule has 2 aromatic carbocycles. The highest BCUT2D eigenvalue weighted by Crippen LogP contribution is 2.29. The Balaban J connectivity index is 1.69. The maximum absolute atomic E-state index is 12.3. The van der Waals surface area contributed by atoms with Crippen molar-refractivity contribution in [3.8, 4) is 22.8 Å². The molecule has 0 fully saturated rings. The third-order valence-corrected chi connectivity index (χ3v) is 4.06. The molecule has 0 aliphatic rings. The molecule has 0 saturated heterocycles. The molecule has 1 aromatic heterocycles. The van der Waals surface area contributed by atoms with Crippen LogP contribution in [0.5, 0.6) is 11.5 Å². The number of amides is 2. The molecule has 8 heteroatoms. The lowest BCUT2D eigenvalue weighted by Crippen LogP contribution is -2.19. The lowest BCUT2D eigenvalue weighted by Gasteiger charge is -2.12.